The zero-order chi connectivity index (χ0) is 18.6. The largest absolute Gasteiger partial charge is 0.345 e. The molecular formula is C23H28FN3. The third-order valence-electron chi connectivity index (χ3n) is 5.90. The van der Waals surface area contributed by atoms with Crippen LogP contribution < -0.4 is 5.32 Å². The predicted octanol–water partition coefficient (Wildman–Crippen LogP) is 5.74. The fourth-order valence-corrected chi connectivity index (χ4v) is 4.26. The number of rotatable bonds is 6. The molecule has 0 amide bonds. The summed E-state index contributed by atoms with van der Waals surface area (Å²) >= 11 is 0. The molecule has 1 heterocycles. The molecule has 0 aliphatic heterocycles. The fraction of sp³-hybridized carbons (Fsp3) is 0.435. The molecule has 4 rings (SSSR count). The summed E-state index contributed by atoms with van der Waals surface area (Å²) in [5.74, 6) is 0.720. The zero-order valence-corrected chi connectivity index (χ0v) is 16.0. The Morgan fingerprint density at radius 3 is 2.81 bits per heavy atom. The van der Waals surface area contributed by atoms with Gasteiger partial charge in [-0.2, -0.15) is 0 Å². The molecule has 0 atom stereocenters. The minimum Gasteiger partial charge on any atom is -0.345 e. The van der Waals surface area contributed by atoms with Crippen molar-refractivity contribution in [2.45, 2.75) is 52.0 Å². The molecule has 27 heavy (non-hydrogen) atoms. The van der Waals surface area contributed by atoms with E-state index in [1.165, 1.54) is 38.5 Å². The molecule has 1 aliphatic carbocycles. The molecule has 1 saturated carbocycles. The van der Waals surface area contributed by atoms with Crippen LogP contribution in [-0.4, -0.2) is 16.5 Å². The number of halogens is 1. The summed E-state index contributed by atoms with van der Waals surface area (Å²) in [5, 5.41) is 3.43. The molecule has 1 aliphatic rings. The Kier molecular flexibility index (Phi) is 5.53. The highest BCUT2D eigenvalue weighted by molar-refractivity contribution is 5.83. The van der Waals surface area contributed by atoms with Gasteiger partial charge >= 0.3 is 0 Å². The van der Waals surface area contributed by atoms with Gasteiger partial charge in [0, 0.05) is 12.1 Å². The van der Waals surface area contributed by atoms with Crippen LogP contribution in [0.2, 0.25) is 0 Å². The molecule has 4 heteroatoms. The number of imidazole rings is 1. The summed E-state index contributed by atoms with van der Waals surface area (Å²) in [6, 6.07) is 9.67. The van der Waals surface area contributed by atoms with Crippen LogP contribution in [0.3, 0.4) is 0 Å². The first-order valence-electron chi connectivity index (χ1n) is 10.1. The third-order valence-corrected chi connectivity index (χ3v) is 5.90. The van der Waals surface area contributed by atoms with E-state index in [4.69, 9.17) is 0 Å². The first kappa shape index (κ1) is 18.2. The van der Waals surface area contributed by atoms with Crippen molar-refractivity contribution in [2.24, 2.45) is 5.92 Å². The lowest BCUT2D eigenvalue weighted by atomic mass is 9.87. The van der Waals surface area contributed by atoms with Gasteiger partial charge in [-0.15, -0.1) is 0 Å². The third kappa shape index (κ3) is 4.22. The molecular weight excluding hydrogens is 337 g/mol. The van der Waals surface area contributed by atoms with Gasteiger partial charge in [-0.25, -0.2) is 9.37 Å². The summed E-state index contributed by atoms with van der Waals surface area (Å²) < 4.78 is 14.6. The summed E-state index contributed by atoms with van der Waals surface area (Å²) in [5.41, 5.74) is 5.71. The Morgan fingerprint density at radius 2 is 2.00 bits per heavy atom. The highest BCUT2D eigenvalue weighted by Gasteiger charge is 2.13. The van der Waals surface area contributed by atoms with Crippen LogP contribution in [0, 0.1) is 18.7 Å². The van der Waals surface area contributed by atoms with E-state index in [1.54, 1.807) is 12.4 Å². The number of fused-ring (bicyclic) bond motifs is 1. The Balaban J connectivity index is 1.40. The SMILES string of the molecule is Cc1cc2[nH]cnc2cc1-c1ccc(CNCCC2CCCCC2)c(F)c1. The van der Waals surface area contributed by atoms with Gasteiger partial charge in [0.25, 0.3) is 0 Å². The Morgan fingerprint density at radius 1 is 1.15 bits per heavy atom. The van der Waals surface area contributed by atoms with Crippen LogP contribution >= 0.6 is 0 Å². The number of hydrogen-bond acceptors (Lipinski definition) is 2. The van der Waals surface area contributed by atoms with Gasteiger partial charge in [-0.3, -0.25) is 0 Å². The molecule has 142 valence electrons. The highest BCUT2D eigenvalue weighted by atomic mass is 19.1. The van der Waals surface area contributed by atoms with Crippen molar-refractivity contribution < 1.29 is 4.39 Å². The molecule has 0 bridgehead atoms. The number of benzene rings is 2. The molecule has 3 aromatic rings. The van der Waals surface area contributed by atoms with Gasteiger partial charge in [0.05, 0.1) is 17.4 Å². The first-order valence-corrected chi connectivity index (χ1v) is 10.1. The molecule has 2 aromatic carbocycles. The molecule has 1 fully saturated rings. The second-order valence-corrected chi connectivity index (χ2v) is 7.86. The Bertz CT molecular complexity index is 909. The summed E-state index contributed by atoms with van der Waals surface area (Å²) in [4.78, 5) is 7.43. The van der Waals surface area contributed by atoms with Crippen molar-refractivity contribution in [3.8, 4) is 11.1 Å². The lowest BCUT2D eigenvalue weighted by Gasteiger charge is -2.21. The Labute approximate surface area is 160 Å². The average molecular weight is 365 g/mol. The summed E-state index contributed by atoms with van der Waals surface area (Å²) in [7, 11) is 0. The van der Waals surface area contributed by atoms with E-state index in [-0.39, 0.29) is 5.82 Å². The molecule has 1 aromatic heterocycles. The van der Waals surface area contributed by atoms with Crippen molar-refractivity contribution in [3.63, 3.8) is 0 Å². The zero-order valence-electron chi connectivity index (χ0n) is 16.0. The number of aromatic amines is 1. The van der Waals surface area contributed by atoms with Crippen LogP contribution in [0.25, 0.3) is 22.2 Å². The molecule has 3 nitrogen and oxygen atoms in total. The van der Waals surface area contributed by atoms with Crippen molar-refractivity contribution in [3.05, 3.63) is 53.6 Å². The minimum atomic E-state index is -0.140. The lowest BCUT2D eigenvalue weighted by Crippen LogP contribution is -2.19. The molecule has 0 radical (unpaired) electrons. The normalized spacial score (nSPS) is 15.5. The van der Waals surface area contributed by atoms with E-state index < -0.39 is 0 Å². The van der Waals surface area contributed by atoms with E-state index in [0.29, 0.717) is 6.54 Å². The minimum absolute atomic E-state index is 0.140. The van der Waals surface area contributed by atoms with Gasteiger partial charge in [0.2, 0.25) is 0 Å². The number of aryl methyl sites for hydroxylation is 1. The van der Waals surface area contributed by atoms with Crippen molar-refractivity contribution in [1.29, 1.82) is 0 Å². The molecule has 0 saturated heterocycles. The Hall–Kier alpha value is -2.20. The van der Waals surface area contributed by atoms with Gasteiger partial charge in [-0.05, 0) is 60.7 Å². The fourth-order valence-electron chi connectivity index (χ4n) is 4.26. The van der Waals surface area contributed by atoms with Gasteiger partial charge < -0.3 is 10.3 Å². The van der Waals surface area contributed by atoms with Crippen LogP contribution in [-0.2, 0) is 6.54 Å². The quantitative estimate of drug-likeness (QED) is 0.547. The predicted molar refractivity (Wildman–Crippen MR) is 109 cm³/mol. The monoisotopic (exact) mass is 365 g/mol. The van der Waals surface area contributed by atoms with Crippen LogP contribution in [0.4, 0.5) is 4.39 Å². The maximum atomic E-state index is 14.6. The van der Waals surface area contributed by atoms with E-state index in [9.17, 15) is 4.39 Å². The van der Waals surface area contributed by atoms with Crippen molar-refractivity contribution >= 4 is 11.0 Å². The number of nitrogens with one attached hydrogen (secondary N) is 2. The first-order chi connectivity index (χ1) is 13.2. The van der Waals surface area contributed by atoms with E-state index in [0.717, 1.165) is 45.7 Å². The number of H-pyrrole nitrogens is 1. The second-order valence-electron chi connectivity index (χ2n) is 7.86. The van der Waals surface area contributed by atoms with E-state index in [1.807, 2.05) is 25.1 Å². The number of nitrogens with zero attached hydrogens (tertiary/aromatic N) is 1. The molecule has 0 spiro atoms. The molecule has 0 unspecified atom stereocenters. The maximum Gasteiger partial charge on any atom is 0.128 e. The van der Waals surface area contributed by atoms with E-state index in [2.05, 4.69) is 21.4 Å². The topological polar surface area (TPSA) is 40.7 Å². The maximum absolute atomic E-state index is 14.6. The average Bonchev–Trinajstić information content (AvgIpc) is 3.13. The van der Waals surface area contributed by atoms with E-state index >= 15 is 0 Å². The number of hydrogen-bond donors (Lipinski definition) is 2. The lowest BCUT2D eigenvalue weighted by molar-refractivity contribution is 0.333. The highest BCUT2D eigenvalue weighted by Crippen LogP contribution is 2.29. The number of aromatic nitrogens is 2. The van der Waals surface area contributed by atoms with Crippen LogP contribution in [0.1, 0.15) is 49.7 Å². The summed E-state index contributed by atoms with van der Waals surface area (Å²) in [6.07, 6.45) is 9.79. The van der Waals surface area contributed by atoms with Gasteiger partial charge in [-0.1, -0.05) is 44.2 Å². The van der Waals surface area contributed by atoms with Crippen LogP contribution in [0.15, 0.2) is 36.7 Å². The van der Waals surface area contributed by atoms with Gasteiger partial charge in [0.1, 0.15) is 5.82 Å². The standard InChI is InChI=1S/C23H28FN3/c1-16-11-22-23(27-15-26-22)13-20(16)18-7-8-19(21(24)12-18)14-25-10-9-17-5-3-2-4-6-17/h7-8,11-13,15,17,25H,2-6,9-10,14H2,1H3,(H,26,27). The second kappa shape index (κ2) is 8.22. The van der Waals surface area contributed by atoms with Crippen molar-refractivity contribution in [1.82, 2.24) is 15.3 Å². The smallest absolute Gasteiger partial charge is 0.128 e. The summed E-state index contributed by atoms with van der Waals surface area (Å²) in [6.45, 7) is 3.62. The molecule has 2 N–H and O–H groups in total. The van der Waals surface area contributed by atoms with Gasteiger partial charge in [0.15, 0.2) is 0 Å². The van der Waals surface area contributed by atoms with Crippen LogP contribution in [0.5, 0.6) is 0 Å². The van der Waals surface area contributed by atoms with Crippen molar-refractivity contribution in [2.75, 3.05) is 6.54 Å².